The summed E-state index contributed by atoms with van der Waals surface area (Å²) in [5, 5.41) is 5.34. The summed E-state index contributed by atoms with van der Waals surface area (Å²) in [6.45, 7) is 5.64. The van der Waals surface area contributed by atoms with E-state index in [2.05, 4.69) is 20.6 Å². The van der Waals surface area contributed by atoms with Crippen molar-refractivity contribution in [2.75, 3.05) is 16.4 Å². The minimum Gasteiger partial charge on any atom is -0.424 e. The number of carbonyl (C=O) groups is 2. The number of hydrogen-bond acceptors (Lipinski definition) is 6. The van der Waals surface area contributed by atoms with Gasteiger partial charge in [0.1, 0.15) is 5.75 Å². The van der Waals surface area contributed by atoms with Gasteiger partial charge in [-0.1, -0.05) is 17.7 Å². The van der Waals surface area contributed by atoms with Gasteiger partial charge in [0.2, 0.25) is 11.8 Å². The first kappa shape index (κ1) is 22.3. The molecule has 0 fully saturated rings. The molecule has 2 N–H and O–H groups in total. The molecule has 1 atom stereocenters. The molecule has 31 heavy (non-hydrogen) atoms. The summed E-state index contributed by atoms with van der Waals surface area (Å²) in [7, 11) is 0. The Bertz CT molecular complexity index is 1040. The van der Waals surface area contributed by atoms with Crippen LogP contribution in [0.25, 0.3) is 0 Å². The molecular formula is C23H24N4O3S. The molecule has 0 aliphatic heterocycles. The molecule has 2 amide bonds. The second-order valence-corrected chi connectivity index (χ2v) is 8.30. The highest BCUT2D eigenvalue weighted by Crippen LogP contribution is 2.25. The lowest BCUT2D eigenvalue weighted by Gasteiger charge is -2.14. The molecule has 0 saturated carbocycles. The van der Waals surface area contributed by atoms with Gasteiger partial charge >= 0.3 is 6.01 Å². The summed E-state index contributed by atoms with van der Waals surface area (Å²) in [5.74, 6) is 0.452. The van der Waals surface area contributed by atoms with Gasteiger partial charge < -0.3 is 15.4 Å². The molecular weight excluding hydrogens is 412 g/mol. The van der Waals surface area contributed by atoms with Crippen LogP contribution in [0.5, 0.6) is 11.8 Å². The number of carbonyl (C=O) groups excluding carboxylic acids is 2. The Labute approximate surface area is 185 Å². The lowest BCUT2D eigenvalue weighted by Crippen LogP contribution is -2.25. The Hall–Kier alpha value is -3.39. The SMILES string of the molecule is Cc1ccc(NC(=O)CSC(C)C(=O)Nc2ccc(Oc3ncccn3)cc2C)cc1. The fourth-order valence-corrected chi connectivity index (χ4v) is 3.31. The van der Waals surface area contributed by atoms with Crippen molar-refractivity contribution in [1.29, 1.82) is 0 Å². The number of rotatable bonds is 8. The average Bonchev–Trinajstić information content (AvgIpc) is 2.76. The van der Waals surface area contributed by atoms with Crippen LogP contribution in [0, 0.1) is 13.8 Å². The van der Waals surface area contributed by atoms with Gasteiger partial charge in [-0.2, -0.15) is 0 Å². The van der Waals surface area contributed by atoms with E-state index in [0.29, 0.717) is 11.4 Å². The molecule has 3 rings (SSSR count). The van der Waals surface area contributed by atoms with E-state index in [1.54, 1.807) is 43.6 Å². The van der Waals surface area contributed by atoms with Crippen LogP contribution in [0.4, 0.5) is 11.4 Å². The first-order valence-electron chi connectivity index (χ1n) is 9.75. The van der Waals surface area contributed by atoms with Crippen molar-refractivity contribution in [2.45, 2.75) is 26.0 Å². The molecule has 0 aliphatic carbocycles. The zero-order valence-electron chi connectivity index (χ0n) is 17.6. The maximum atomic E-state index is 12.5. The summed E-state index contributed by atoms with van der Waals surface area (Å²) >= 11 is 1.28. The van der Waals surface area contributed by atoms with Crippen LogP contribution in [-0.2, 0) is 9.59 Å². The summed E-state index contributed by atoms with van der Waals surface area (Å²) in [5.41, 5.74) is 3.40. The van der Waals surface area contributed by atoms with Crippen molar-refractivity contribution in [1.82, 2.24) is 9.97 Å². The highest BCUT2D eigenvalue weighted by molar-refractivity contribution is 8.01. The molecule has 0 radical (unpaired) electrons. The third-order valence-corrected chi connectivity index (χ3v) is 5.52. The molecule has 3 aromatic rings. The van der Waals surface area contributed by atoms with Crippen LogP contribution >= 0.6 is 11.8 Å². The zero-order chi connectivity index (χ0) is 22.2. The fraction of sp³-hybridized carbons (Fsp3) is 0.217. The van der Waals surface area contributed by atoms with Crippen LogP contribution in [0.2, 0.25) is 0 Å². The molecule has 1 unspecified atom stereocenters. The number of nitrogens with one attached hydrogen (secondary N) is 2. The predicted octanol–water partition coefficient (Wildman–Crippen LogP) is 4.58. The monoisotopic (exact) mass is 436 g/mol. The maximum absolute atomic E-state index is 12.5. The number of anilines is 2. The quantitative estimate of drug-likeness (QED) is 0.537. The minimum atomic E-state index is -0.392. The summed E-state index contributed by atoms with van der Waals surface area (Å²) < 4.78 is 5.60. The first-order valence-corrected chi connectivity index (χ1v) is 10.8. The van der Waals surface area contributed by atoms with E-state index in [-0.39, 0.29) is 23.6 Å². The molecule has 0 spiro atoms. The Kier molecular flexibility index (Phi) is 7.61. The van der Waals surface area contributed by atoms with Crippen molar-refractivity contribution in [2.24, 2.45) is 0 Å². The van der Waals surface area contributed by atoms with E-state index >= 15 is 0 Å². The fourth-order valence-electron chi connectivity index (χ4n) is 2.63. The number of aryl methyl sites for hydroxylation is 2. The van der Waals surface area contributed by atoms with Crippen molar-refractivity contribution >= 4 is 35.0 Å². The Morgan fingerprint density at radius 2 is 1.74 bits per heavy atom. The lowest BCUT2D eigenvalue weighted by molar-refractivity contribution is -0.115. The highest BCUT2D eigenvalue weighted by Gasteiger charge is 2.16. The third kappa shape index (κ3) is 6.82. The minimum absolute atomic E-state index is 0.144. The molecule has 0 saturated heterocycles. The number of ether oxygens (including phenoxy) is 1. The van der Waals surface area contributed by atoms with Gasteiger partial charge in [0.15, 0.2) is 0 Å². The second-order valence-electron chi connectivity index (χ2n) is 6.97. The predicted molar refractivity (Wildman–Crippen MR) is 124 cm³/mol. The van der Waals surface area contributed by atoms with Crippen molar-refractivity contribution in [3.63, 3.8) is 0 Å². The average molecular weight is 437 g/mol. The van der Waals surface area contributed by atoms with E-state index in [9.17, 15) is 9.59 Å². The van der Waals surface area contributed by atoms with Crippen LogP contribution in [0.15, 0.2) is 60.9 Å². The van der Waals surface area contributed by atoms with Crippen molar-refractivity contribution in [3.8, 4) is 11.8 Å². The summed E-state index contributed by atoms with van der Waals surface area (Å²) in [6.07, 6.45) is 3.20. The number of aromatic nitrogens is 2. The Morgan fingerprint density at radius 3 is 2.42 bits per heavy atom. The molecule has 2 aromatic carbocycles. The van der Waals surface area contributed by atoms with Gasteiger partial charge in [-0.3, -0.25) is 9.59 Å². The summed E-state index contributed by atoms with van der Waals surface area (Å²) in [4.78, 5) is 32.7. The van der Waals surface area contributed by atoms with Crippen LogP contribution in [0.3, 0.4) is 0 Å². The molecule has 8 heteroatoms. The van der Waals surface area contributed by atoms with Crippen LogP contribution < -0.4 is 15.4 Å². The van der Waals surface area contributed by atoms with Crippen LogP contribution in [0.1, 0.15) is 18.1 Å². The van der Waals surface area contributed by atoms with Gasteiger partial charge in [-0.25, -0.2) is 9.97 Å². The van der Waals surface area contributed by atoms with E-state index in [1.165, 1.54) is 11.8 Å². The molecule has 1 aromatic heterocycles. The van der Waals surface area contributed by atoms with Gasteiger partial charge in [-0.05, 0) is 62.7 Å². The van der Waals surface area contributed by atoms with Crippen molar-refractivity contribution < 1.29 is 14.3 Å². The number of nitrogens with zero attached hydrogens (tertiary/aromatic N) is 2. The second kappa shape index (κ2) is 10.6. The van der Waals surface area contributed by atoms with E-state index in [0.717, 1.165) is 16.8 Å². The number of benzene rings is 2. The van der Waals surface area contributed by atoms with Gasteiger partial charge in [0.25, 0.3) is 0 Å². The Balaban J connectivity index is 1.49. The standard InChI is InChI=1S/C23H24N4O3S/c1-15-5-7-18(8-6-15)26-21(28)14-31-17(3)22(29)27-20-10-9-19(13-16(20)2)30-23-24-11-4-12-25-23/h4-13,17H,14H2,1-3H3,(H,26,28)(H,27,29). The molecule has 1 heterocycles. The van der Waals surface area contributed by atoms with Crippen molar-refractivity contribution in [3.05, 3.63) is 72.1 Å². The Morgan fingerprint density at radius 1 is 1.03 bits per heavy atom. The first-order chi connectivity index (χ1) is 14.9. The van der Waals surface area contributed by atoms with Gasteiger partial charge in [0, 0.05) is 23.8 Å². The lowest BCUT2D eigenvalue weighted by atomic mass is 10.2. The largest absolute Gasteiger partial charge is 0.424 e. The topological polar surface area (TPSA) is 93.2 Å². The normalized spacial score (nSPS) is 11.5. The smallest absolute Gasteiger partial charge is 0.321 e. The molecule has 0 aliphatic rings. The number of amides is 2. The van der Waals surface area contributed by atoms with E-state index in [1.807, 2.05) is 38.1 Å². The van der Waals surface area contributed by atoms with Gasteiger partial charge in [0.05, 0.1) is 11.0 Å². The maximum Gasteiger partial charge on any atom is 0.321 e. The zero-order valence-corrected chi connectivity index (χ0v) is 18.4. The molecule has 160 valence electrons. The van der Waals surface area contributed by atoms with Gasteiger partial charge in [-0.15, -0.1) is 11.8 Å². The highest BCUT2D eigenvalue weighted by atomic mass is 32.2. The van der Waals surface area contributed by atoms with E-state index in [4.69, 9.17) is 4.74 Å². The number of thioether (sulfide) groups is 1. The third-order valence-electron chi connectivity index (χ3n) is 4.38. The van der Waals surface area contributed by atoms with E-state index < -0.39 is 5.25 Å². The molecule has 0 bridgehead atoms. The number of hydrogen-bond donors (Lipinski definition) is 2. The van der Waals surface area contributed by atoms with Crippen LogP contribution in [-0.4, -0.2) is 32.8 Å². The summed E-state index contributed by atoms with van der Waals surface area (Å²) in [6, 6.07) is 14.9. The molecule has 7 nitrogen and oxygen atoms in total.